The summed E-state index contributed by atoms with van der Waals surface area (Å²) in [7, 11) is 1.54. The number of rotatable bonds is 3. The Bertz CT molecular complexity index is 348. The van der Waals surface area contributed by atoms with Gasteiger partial charge in [-0.3, -0.25) is 4.79 Å². The van der Waals surface area contributed by atoms with Crippen molar-refractivity contribution in [2.75, 3.05) is 12.8 Å². The molecular formula is C10H13ClN2O2. The first-order valence-corrected chi connectivity index (χ1v) is 4.86. The van der Waals surface area contributed by atoms with E-state index in [9.17, 15) is 4.79 Å². The summed E-state index contributed by atoms with van der Waals surface area (Å²) in [5, 5.41) is 2.87. The number of nitrogens with two attached hydrogens (primary N) is 1. The topological polar surface area (TPSA) is 64.3 Å². The normalized spacial score (nSPS) is 11.9. The number of para-hydroxylation sites is 1. The number of carbonyl (C=O) groups is 1. The maximum absolute atomic E-state index is 11.2. The van der Waals surface area contributed by atoms with Crippen molar-refractivity contribution >= 4 is 23.2 Å². The molecule has 82 valence electrons. The highest BCUT2D eigenvalue weighted by molar-refractivity contribution is 6.32. The maximum Gasteiger partial charge on any atom is 0.260 e. The molecule has 1 amide bonds. The van der Waals surface area contributed by atoms with Crippen molar-refractivity contribution in [2.45, 2.75) is 13.0 Å². The average molecular weight is 229 g/mol. The number of amides is 1. The minimum absolute atomic E-state index is 0.227. The van der Waals surface area contributed by atoms with Crippen molar-refractivity contribution in [1.82, 2.24) is 5.32 Å². The Morgan fingerprint density at radius 3 is 2.80 bits per heavy atom. The van der Waals surface area contributed by atoms with Gasteiger partial charge in [-0.05, 0) is 19.1 Å². The van der Waals surface area contributed by atoms with Gasteiger partial charge in [-0.2, -0.15) is 0 Å². The summed E-state index contributed by atoms with van der Waals surface area (Å²) in [6.07, 6.45) is -0.628. The molecular weight excluding hydrogens is 216 g/mol. The molecule has 0 heterocycles. The number of hydrogen-bond acceptors (Lipinski definition) is 3. The van der Waals surface area contributed by atoms with E-state index in [2.05, 4.69) is 5.32 Å². The number of anilines is 1. The van der Waals surface area contributed by atoms with Gasteiger partial charge >= 0.3 is 0 Å². The summed E-state index contributed by atoms with van der Waals surface area (Å²) in [5.41, 5.74) is 6.09. The summed E-state index contributed by atoms with van der Waals surface area (Å²) in [5.74, 6) is 0.115. The van der Waals surface area contributed by atoms with E-state index < -0.39 is 6.10 Å². The van der Waals surface area contributed by atoms with Gasteiger partial charge in [0.25, 0.3) is 5.91 Å². The van der Waals surface area contributed by atoms with Crippen molar-refractivity contribution in [3.05, 3.63) is 23.2 Å². The molecule has 1 atom stereocenters. The van der Waals surface area contributed by atoms with Crippen LogP contribution in [0.5, 0.6) is 5.75 Å². The number of hydrogen-bond donors (Lipinski definition) is 2. The lowest BCUT2D eigenvalue weighted by atomic mass is 10.3. The van der Waals surface area contributed by atoms with E-state index in [4.69, 9.17) is 22.1 Å². The zero-order chi connectivity index (χ0) is 11.4. The Hall–Kier alpha value is -1.42. The number of benzene rings is 1. The van der Waals surface area contributed by atoms with E-state index in [0.29, 0.717) is 16.5 Å². The van der Waals surface area contributed by atoms with Gasteiger partial charge in [-0.1, -0.05) is 17.7 Å². The molecule has 1 rings (SSSR count). The highest BCUT2D eigenvalue weighted by Crippen LogP contribution is 2.31. The van der Waals surface area contributed by atoms with E-state index in [1.54, 1.807) is 25.1 Å². The number of likely N-dealkylation sites (N-methyl/N-ethyl adjacent to an activating group) is 1. The van der Waals surface area contributed by atoms with Crippen LogP contribution in [-0.2, 0) is 4.79 Å². The summed E-state index contributed by atoms with van der Waals surface area (Å²) < 4.78 is 5.36. The number of nitrogens with one attached hydrogen (secondary N) is 1. The molecule has 0 aromatic heterocycles. The highest BCUT2D eigenvalue weighted by atomic mass is 35.5. The van der Waals surface area contributed by atoms with Crippen LogP contribution in [0.4, 0.5) is 5.69 Å². The zero-order valence-corrected chi connectivity index (χ0v) is 9.34. The van der Waals surface area contributed by atoms with Crippen molar-refractivity contribution < 1.29 is 9.53 Å². The summed E-state index contributed by atoms with van der Waals surface area (Å²) in [6.45, 7) is 1.63. The maximum atomic E-state index is 11.2. The largest absolute Gasteiger partial charge is 0.477 e. The molecule has 3 N–H and O–H groups in total. The lowest BCUT2D eigenvalue weighted by Crippen LogP contribution is -2.33. The first kappa shape index (κ1) is 11.7. The Balaban J connectivity index is 2.85. The molecule has 1 unspecified atom stereocenters. The minimum atomic E-state index is -0.628. The van der Waals surface area contributed by atoms with Crippen molar-refractivity contribution in [1.29, 1.82) is 0 Å². The molecule has 0 aliphatic rings. The lowest BCUT2D eigenvalue weighted by molar-refractivity contribution is -0.126. The number of carbonyl (C=O) groups excluding carboxylic acids is 1. The fourth-order valence-electron chi connectivity index (χ4n) is 1.08. The molecule has 4 nitrogen and oxygen atoms in total. The van der Waals surface area contributed by atoms with E-state index >= 15 is 0 Å². The molecule has 0 spiro atoms. The third-order valence-electron chi connectivity index (χ3n) is 1.91. The summed E-state index contributed by atoms with van der Waals surface area (Å²) in [6, 6.07) is 5.04. The van der Waals surface area contributed by atoms with Crippen molar-refractivity contribution in [3.63, 3.8) is 0 Å². The second kappa shape index (κ2) is 4.89. The monoisotopic (exact) mass is 228 g/mol. The van der Waals surface area contributed by atoms with Gasteiger partial charge < -0.3 is 15.8 Å². The average Bonchev–Trinajstić information content (AvgIpc) is 2.22. The van der Waals surface area contributed by atoms with Gasteiger partial charge in [-0.15, -0.1) is 0 Å². The second-order valence-corrected chi connectivity index (χ2v) is 3.44. The molecule has 5 heteroatoms. The fraction of sp³-hybridized carbons (Fsp3) is 0.300. The van der Waals surface area contributed by atoms with Crippen molar-refractivity contribution in [3.8, 4) is 5.75 Å². The Morgan fingerprint density at radius 2 is 2.27 bits per heavy atom. The quantitative estimate of drug-likeness (QED) is 0.770. The number of halogens is 1. The molecule has 1 aromatic carbocycles. The van der Waals surface area contributed by atoms with Crippen LogP contribution < -0.4 is 15.8 Å². The van der Waals surface area contributed by atoms with E-state index in [0.717, 1.165) is 0 Å². The molecule has 0 fully saturated rings. The van der Waals surface area contributed by atoms with Gasteiger partial charge in [-0.25, -0.2) is 0 Å². The Kier molecular flexibility index (Phi) is 3.80. The van der Waals surface area contributed by atoms with Crippen LogP contribution in [0.15, 0.2) is 18.2 Å². The first-order chi connectivity index (χ1) is 7.06. The van der Waals surface area contributed by atoms with Gasteiger partial charge in [0.05, 0.1) is 10.7 Å². The van der Waals surface area contributed by atoms with Crippen LogP contribution in [-0.4, -0.2) is 19.1 Å². The third-order valence-corrected chi connectivity index (χ3v) is 2.21. The van der Waals surface area contributed by atoms with Gasteiger partial charge in [0.1, 0.15) is 0 Å². The molecule has 0 bridgehead atoms. The fourth-order valence-corrected chi connectivity index (χ4v) is 1.31. The standard InChI is InChI=1S/C10H13ClN2O2/c1-6(10(14)13-2)15-9-7(11)4-3-5-8(9)12/h3-6H,12H2,1-2H3,(H,13,14). The molecule has 0 aliphatic carbocycles. The van der Waals surface area contributed by atoms with Crippen LogP contribution >= 0.6 is 11.6 Å². The predicted octanol–water partition coefficient (Wildman–Crippen LogP) is 1.44. The Labute approximate surface area is 93.4 Å². The van der Waals surface area contributed by atoms with Gasteiger partial charge in [0.15, 0.2) is 11.9 Å². The SMILES string of the molecule is CNC(=O)C(C)Oc1c(N)cccc1Cl. The molecule has 0 saturated heterocycles. The van der Waals surface area contributed by atoms with Gasteiger partial charge in [0, 0.05) is 7.05 Å². The van der Waals surface area contributed by atoms with Crippen molar-refractivity contribution in [2.24, 2.45) is 0 Å². The second-order valence-electron chi connectivity index (χ2n) is 3.03. The first-order valence-electron chi connectivity index (χ1n) is 4.48. The third kappa shape index (κ3) is 2.76. The molecule has 1 aromatic rings. The summed E-state index contributed by atoms with van der Waals surface area (Å²) in [4.78, 5) is 11.2. The number of nitrogen functional groups attached to an aromatic ring is 1. The van der Waals surface area contributed by atoms with Crippen LogP contribution in [0.2, 0.25) is 5.02 Å². The van der Waals surface area contributed by atoms with E-state index in [1.807, 2.05) is 0 Å². The molecule has 0 saturated carbocycles. The van der Waals surface area contributed by atoms with E-state index in [-0.39, 0.29) is 5.91 Å². The van der Waals surface area contributed by atoms with Crippen LogP contribution in [0, 0.1) is 0 Å². The summed E-state index contributed by atoms with van der Waals surface area (Å²) >= 11 is 5.88. The van der Waals surface area contributed by atoms with E-state index in [1.165, 1.54) is 7.05 Å². The number of ether oxygens (including phenoxy) is 1. The molecule has 0 aliphatic heterocycles. The smallest absolute Gasteiger partial charge is 0.260 e. The molecule has 15 heavy (non-hydrogen) atoms. The zero-order valence-electron chi connectivity index (χ0n) is 8.58. The molecule has 0 radical (unpaired) electrons. The van der Waals surface area contributed by atoms with Crippen LogP contribution in [0.1, 0.15) is 6.92 Å². The van der Waals surface area contributed by atoms with Crippen LogP contribution in [0.25, 0.3) is 0 Å². The highest BCUT2D eigenvalue weighted by Gasteiger charge is 2.15. The Morgan fingerprint density at radius 1 is 1.60 bits per heavy atom. The van der Waals surface area contributed by atoms with Crippen LogP contribution in [0.3, 0.4) is 0 Å². The predicted molar refractivity (Wildman–Crippen MR) is 60.0 cm³/mol. The van der Waals surface area contributed by atoms with Gasteiger partial charge in [0.2, 0.25) is 0 Å². The lowest BCUT2D eigenvalue weighted by Gasteiger charge is -2.15. The minimum Gasteiger partial charge on any atom is -0.477 e.